The van der Waals surface area contributed by atoms with Crippen LogP contribution in [0.15, 0.2) is 0 Å². The fourth-order valence-electron chi connectivity index (χ4n) is 3.02. The van der Waals surface area contributed by atoms with Gasteiger partial charge in [0.15, 0.2) is 0 Å². The third-order valence-corrected chi connectivity index (χ3v) is 4.14. The number of carboxylic acid groups (broad SMARTS) is 1. The minimum atomic E-state index is -0.789. The fourth-order valence-corrected chi connectivity index (χ4v) is 3.02. The molecule has 5 nitrogen and oxygen atoms in total. The number of carbonyl (C=O) groups is 2. The van der Waals surface area contributed by atoms with Gasteiger partial charge in [0.25, 0.3) is 0 Å². The molecule has 1 amide bonds. The van der Waals surface area contributed by atoms with Gasteiger partial charge in [-0.3, -0.25) is 9.59 Å². The van der Waals surface area contributed by atoms with Gasteiger partial charge in [-0.25, -0.2) is 0 Å². The quantitative estimate of drug-likeness (QED) is 0.694. The molecule has 1 aliphatic heterocycles. The average Bonchev–Trinajstić information content (AvgIpc) is 2.77. The normalized spacial score (nSPS) is 36.3. The summed E-state index contributed by atoms with van der Waals surface area (Å²) in [5.41, 5.74) is 0. The Bertz CT molecular complexity index is 332. The van der Waals surface area contributed by atoms with E-state index in [-0.39, 0.29) is 18.0 Å². The van der Waals surface area contributed by atoms with E-state index in [4.69, 9.17) is 5.11 Å². The first-order chi connectivity index (χ1) is 8.58. The zero-order valence-corrected chi connectivity index (χ0v) is 10.8. The number of piperidine rings is 1. The molecule has 0 radical (unpaired) electrons. The van der Waals surface area contributed by atoms with Gasteiger partial charge >= 0.3 is 5.97 Å². The predicted octanol–water partition coefficient (Wildman–Crippen LogP) is 0.744. The van der Waals surface area contributed by atoms with Gasteiger partial charge in [0.05, 0.1) is 12.0 Å². The summed E-state index contributed by atoms with van der Waals surface area (Å²) in [7, 11) is 0. The molecule has 0 aromatic heterocycles. The summed E-state index contributed by atoms with van der Waals surface area (Å²) in [6.45, 7) is 3.02. The van der Waals surface area contributed by atoms with Crippen molar-refractivity contribution in [3.63, 3.8) is 0 Å². The van der Waals surface area contributed by atoms with Gasteiger partial charge in [-0.05, 0) is 38.1 Å². The molecule has 0 aromatic carbocycles. The molecule has 2 rings (SSSR count). The summed E-state index contributed by atoms with van der Waals surface area (Å²) in [5.74, 6) is -0.668. The number of carbonyl (C=O) groups excluding carboxylic acids is 1. The van der Waals surface area contributed by atoms with Crippen LogP contribution < -0.4 is 10.6 Å². The van der Waals surface area contributed by atoms with Gasteiger partial charge in [0.1, 0.15) is 0 Å². The van der Waals surface area contributed by atoms with Crippen molar-refractivity contribution >= 4 is 11.9 Å². The monoisotopic (exact) mass is 254 g/mol. The zero-order chi connectivity index (χ0) is 13.1. The highest BCUT2D eigenvalue weighted by Gasteiger charge is 2.35. The van der Waals surface area contributed by atoms with Crippen molar-refractivity contribution in [3.05, 3.63) is 0 Å². The fraction of sp³-hybridized carbons (Fsp3) is 0.846. The minimum Gasteiger partial charge on any atom is -0.481 e. The molecule has 1 saturated heterocycles. The van der Waals surface area contributed by atoms with E-state index in [0.29, 0.717) is 12.3 Å². The molecule has 3 N–H and O–H groups in total. The van der Waals surface area contributed by atoms with Gasteiger partial charge < -0.3 is 15.7 Å². The first kappa shape index (κ1) is 13.3. The van der Waals surface area contributed by atoms with Crippen LogP contribution in [0.5, 0.6) is 0 Å². The van der Waals surface area contributed by atoms with E-state index in [0.717, 1.165) is 32.2 Å². The molecular formula is C13H22N2O3. The van der Waals surface area contributed by atoms with Crippen LogP contribution in [0.3, 0.4) is 0 Å². The van der Waals surface area contributed by atoms with Crippen LogP contribution >= 0.6 is 0 Å². The molecular weight excluding hydrogens is 232 g/mol. The Balaban J connectivity index is 1.88. The van der Waals surface area contributed by atoms with Crippen molar-refractivity contribution in [2.45, 2.75) is 51.1 Å². The third-order valence-electron chi connectivity index (χ3n) is 4.14. The Morgan fingerprint density at radius 1 is 1.28 bits per heavy atom. The van der Waals surface area contributed by atoms with Crippen LogP contribution in [0.2, 0.25) is 0 Å². The molecule has 4 atom stereocenters. The smallest absolute Gasteiger partial charge is 0.308 e. The van der Waals surface area contributed by atoms with Crippen molar-refractivity contribution in [2.24, 2.45) is 11.8 Å². The summed E-state index contributed by atoms with van der Waals surface area (Å²) in [6.07, 6.45) is 4.29. The molecule has 18 heavy (non-hydrogen) atoms. The first-order valence-electron chi connectivity index (χ1n) is 6.84. The second kappa shape index (κ2) is 5.69. The number of carboxylic acids is 1. The molecule has 5 heteroatoms. The van der Waals surface area contributed by atoms with Crippen LogP contribution in [0.25, 0.3) is 0 Å². The van der Waals surface area contributed by atoms with E-state index in [2.05, 4.69) is 17.6 Å². The lowest BCUT2D eigenvalue weighted by Gasteiger charge is -2.29. The SMILES string of the molecule is CC1CCNC(C(=O)NC2CCCC2C(=O)O)C1. The predicted molar refractivity (Wildman–Crippen MR) is 67.1 cm³/mol. The molecule has 102 valence electrons. The van der Waals surface area contributed by atoms with Crippen molar-refractivity contribution in [1.29, 1.82) is 0 Å². The topological polar surface area (TPSA) is 78.4 Å². The molecule has 1 aliphatic carbocycles. The van der Waals surface area contributed by atoms with Crippen molar-refractivity contribution in [2.75, 3.05) is 6.54 Å². The van der Waals surface area contributed by atoms with Gasteiger partial charge in [0.2, 0.25) is 5.91 Å². The first-order valence-corrected chi connectivity index (χ1v) is 6.84. The molecule has 0 aromatic rings. The number of amides is 1. The lowest BCUT2D eigenvalue weighted by molar-refractivity contribution is -0.142. The van der Waals surface area contributed by atoms with Crippen LogP contribution in [0.1, 0.15) is 39.0 Å². The summed E-state index contributed by atoms with van der Waals surface area (Å²) in [4.78, 5) is 23.2. The lowest BCUT2D eigenvalue weighted by atomic mass is 9.93. The van der Waals surface area contributed by atoms with Gasteiger partial charge in [0, 0.05) is 6.04 Å². The lowest BCUT2D eigenvalue weighted by Crippen LogP contribution is -2.52. The number of hydrogen-bond donors (Lipinski definition) is 3. The van der Waals surface area contributed by atoms with Crippen LogP contribution in [-0.4, -0.2) is 35.6 Å². The number of hydrogen-bond acceptors (Lipinski definition) is 3. The van der Waals surface area contributed by atoms with Crippen LogP contribution in [-0.2, 0) is 9.59 Å². The Labute approximate surface area is 107 Å². The molecule has 2 fully saturated rings. The Morgan fingerprint density at radius 3 is 2.72 bits per heavy atom. The maximum atomic E-state index is 12.1. The van der Waals surface area contributed by atoms with E-state index in [1.807, 2.05) is 0 Å². The van der Waals surface area contributed by atoms with Crippen molar-refractivity contribution in [1.82, 2.24) is 10.6 Å². The molecule has 1 saturated carbocycles. The maximum Gasteiger partial charge on any atom is 0.308 e. The summed E-state index contributed by atoms with van der Waals surface area (Å²) >= 11 is 0. The third kappa shape index (κ3) is 3.02. The van der Waals surface area contributed by atoms with E-state index in [9.17, 15) is 9.59 Å². The highest BCUT2D eigenvalue weighted by atomic mass is 16.4. The van der Waals surface area contributed by atoms with Gasteiger partial charge in [-0.1, -0.05) is 13.3 Å². The summed E-state index contributed by atoms with van der Waals surface area (Å²) in [5, 5.41) is 15.2. The standard InChI is InChI=1S/C13H22N2O3/c1-8-5-6-14-11(7-8)12(16)15-10-4-2-3-9(10)13(17)18/h8-11,14H,2-7H2,1H3,(H,15,16)(H,17,18). The second-order valence-electron chi connectivity index (χ2n) is 5.63. The number of aliphatic carboxylic acids is 1. The Kier molecular flexibility index (Phi) is 4.22. The minimum absolute atomic E-state index is 0.0281. The second-order valence-corrected chi connectivity index (χ2v) is 5.63. The molecule has 2 aliphatic rings. The Hall–Kier alpha value is -1.10. The Morgan fingerprint density at radius 2 is 2.06 bits per heavy atom. The zero-order valence-electron chi connectivity index (χ0n) is 10.8. The maximum absolute atomic E-state index is 12.1. The summed E-state index contributed by atoms with van der Waals surface area (Å²) in [6, 6.07) is -0.335. The number of rotatable bonds is 3. The van der Waals surface area contributed by atoms with Gasteiger partial charge in [-0.2, -0.15) is 0 Å². The highest BCUT2D eigenvalue weighted by Crippen LogP contribution is 2.26. The average molecular weight is 254 g/mol. The summed E-state index contributed by atoms with van der Waals surface area (Å²) < 4.78 is 0. The van der Waals surface area contributed by atoms with Crippen LogP contribution in [0, 0.1) is 11.8 Å². The molecule has 0 spiro atoms. The van der Waals surface area contributed by atoms with Crippen molar-refractivity contribution in [3.8, 4) is 0 Å². The molecule has 4 unspecified atom stereocenters. The molecule has 1 heterocycles. The number of nitrogens with one attached hydrogen (secondary N) is 2. The van der Waals surface area contributed by atoms with E-state index >= 15 is 0 Å². The molecule has 0 bridgehead atoms. The largest absolute Gasteiger partial charge is 0.481 e. The van der Waals surface area contributed by atoms with E-state index in [1.165, 1.54) is 0 Å². The van der Waals surface area contributed by atoms with Crippen molar-refractivity contribution < 1.29 is 14.7 Å². The van der Waals surface area contributed by atoms with Crippen LogP contribution in [0.4, 0.5) is 0 Å². The van der Waals surface area contributed by atoms with E-state index in [1.54, 1.807) is 0 Å². The van der Waals surface area contributed by atoms with Gasteiger partial charge in [-0.15, -0.1) is 0 Å². The highest BCUT2D eigenvalue weighted by molar-refractivity contribution is 5.83. The van der Waals surface area contributed by atoms with E-state index < -0.39 is 11.9 Å².